The van der Waals surface area contributed by atoms with Gasteiger partial charge in [0.1, 0.15) is 0 Å². The lowest BCUT2D eigenvalue weighted by atomic mass is 10.2. The van der Waals surface area contributed by atoms with Gasteiger partial charge in [0.15, 0.2) is 0 Å². The lowest BCUT2D eigenvalue weighted by molar-refractivity contribution is 0.202. The van der Waals surface area contributed by atoms with E-state index in [1.807, 2.05) is 44.2 Å². The van der Waals surface area contributed by atoms with Gasteiger partial charge in [-0.15, -0.1) is 0 Å². The molecule has 0 saturated heterocycles. The van der Waals surface area contributed by atoms with E-state index >= 15 is 0 Å². The number of carbonyl (C=O) groups excluding carboxylic acids is 1. The van der Waals surface area contributed by atoms with E-state index < -0.39 is 0 Å². The van der Waals surface area contributed by atoms with E-state index in [9.17, 15) is 4.79 Å². The molecule has 21 heavy (non-hydrogen) atoms. The molecule has 1 aromatic carbocycles. The van der Waals surface area contributed by atoms with E-state index in [1.54, 1.807) is 11.7 Å². The molecule has 0 radical (unpaired) electrons. The van der Waals surface area contributed by atoms with Gasteiger partial charge in [-0.05, 0) is 32.0 Å². The van der Waals surface area contributed by atoms with Crippen LogP contribution in [-0.2, 0) is 0 Å². The van der Waals surface area contributed by atoms with Crippen LogP contribution >= 0.6 is 0 Å². The van der Waals surface area contributed by atoms with Crippen LogP contribution in [0.25, 0.3) is 5.69 Å². The molecule has 112 valence electrons. The molecule has 2 N–H and O–H groups in total. The number of carbonyl (C=O) groups is 1. The van der Waals surface area contributed by atoms with Crippen LogP contribution in [0, 0.1) is 13.8 Å². The van der Waals surface area contributed by atoms with Gasteiger partial charge in [0.25, 0.3) is 0 Å². The van der Waals surface area contributed by atoms with Crippen molar-refractivity contribution in [2.75, 3.05) is 25.5 Å². The molecule has 0 unspecified atom stereocenters. The highest BCUT2D eigenvalue weighted by Crippen LogP contribution is 2.21. The van der Waals surface area contributed by atoms with Crippen molar-refractivity contribution in [3.05, 3.63) is 41.7 Å². The molecule has 0 spiro atoms. The number of aromatic nitrogens is 2. The molecule has 0 fully saturated rings. The summed E-state index contributed by atoms with van der Waals surface area (Å²) in [7, 11) is 1.64. The number of nitrogens with zero attached hydrogens (tertiary/aromatic N) is 3. The average Bonchev–Trinajstić information content (AvgIpc) is 2.78. The van der Waals surface area contributed by atoms with E-state index in [2.05, 4.69) is 10.4 Å². The Morgan fingerprint density at radius 3 is 2.71 bits per heavy atom. The summed E-state index contributed by atoms with van der Waals surface area (Å²) in [5.74, 6) is 0. The first-order chi connectivity index (χ1) is 10.0. The number of aliphatic hydroxyl groups is 1. The summed E-state index contributed by atoms with van der Waals surface area (Å²) in [5, 5.41) is 16.2. The summed E-state index contributed by atoms with van der Waals surface area (Å²) in [4.78, 5) is 13.5. The fourth-order valence-electron chi connectivity index (χ4n) is 2.10. The predicted octanol–water partition coefficient (Wildman–Crippen LogP) is 1.95. The number of para-hydroxylation sites is 2. The summed E-state index contributed by atoms with van der Waals surface area (Å²) in [6, 6.07) is 9.21. The summed E-state index contributed by atoms with van der Waals surface area (Å²) in [6.45, 7) is 4.12. The first-order valence-corrected chi connectivity index (χ1v) is 6.78. The molecule has 6 nitrogen and oxygen atoms in total. The minimum Gasteiger partial charge on any atom is -0.395 e. The Morgan fingerprint density at radius 2 is 2.10 bits per heavy atom. The van der Waals surface area contributed by atoms with E-state index in [1.165, 1.54) is 4.90 Å². The highest BCUT2D eigenvalue weighted by molar-refractivity contribution is 5.91. The fourth-order valence-corrected chi connectivity index (χ4v) is 2.10. The van der Waals surface area contributed by atoms with Gasteiger partial charge in [-0.2, -0.15) is 5.10 Å². The highest BCUT2D eigenvalue weighted by atomic mass is 16.3. The molecular weight excluding hydrogens is 268 g/mol. The van der Waals surface area contributed by atoms with Gasteiger partial charge in [0.05, 0.1) is 23.7 Å². The van der Waals surface area contributed by atoms with Crippen molar-refractivity contribution in [1.82, 2.24) is 14.7 Å². The summed E-state index contributed by atoms with van der Waals surface area (Å²) in [6.07, 6.45) is 0. The molecule has 6 heteroatoms. The van der Waals surface area contributed by atoms with Gasteiger partial charge in [-0.1, -0.05) is 12.1 Å². The van der Waals surface area contributed by atoms with E-state index in [4.69, 9.17) is 5.11 Å². The number of anilines is 1. The Morgan fingerprint density at radius 1 is 1.38 bits per heavy atom. The van der Waals surface area contributed by atoms with Gasteiger partial charge in [-0.25, -0.2) is 9.48 Å². The zero-order chi connectivity index (χ0) is 15.4. The zero-order valence-corrected chi connectivity index (χ0v) is 12.5. The largest absolute Gasteiger partial charge is 0.395 e. The molecule has 0 aliphatic heterocycles. The molecule has 0 atom stereocenters. The second-order valence-electron chi connectivity index (χ2n) is 4.93. The summed E-state index contributed by atoms with van der Waals surface area (Å²) < 4.78 is 1.80. The Kier molecular flexibility index (Phi) is 4.59. The second kappa shape index (κ2) is 6.41. The summed E-state index contributed by atoms with van der Waals surface area (Å²) in [5.41, 5.74) is 3.41. The molecule has 0 aliphatic rings. The van der Waals surface area contributed by atoms with Crippen LogP contribution in [0.3, 0.4) is 0 Å². The van der Waals surface area contributed by atoms with Crippen molar-refractivity contribution in [1.29, 1.82) is 0 Å². The van der Waals surface area contributed by atoms with Crippen LogP contribution in [0.2, 0.25) is 0 Å². The maximum absolute atomic E-state index is 12.1. The highest BCUT2D eigenvalue weighted by Gasteiger charge is 2.13. The normalized spacial score (nSPS) is 10.5. The van der Waals surface area contributed by atoms with Gasteiger partial charge in [0, 0.05) is 19.3 Å². The SMILES string of the molecule is Cc1cc(C)n(-c2ccccc2NC(=O)N(C)CCO)n1. The molecule has 0 saturated carbocycles. The number of aliphatic hydroxyl groups excluding tert-OH is 1. The first-order valence-electron chi connectivity index (χ1n) is 6.78. The Hall–Kier alpha value is -2.34. The van der Waals surface area contributed by atoms with Crippen molar-refractivity contribution in [2.45, 2.75) is 13.8 Å². The van der Waals surface area contributed by atoms with Crippen LogP contribution in [0.15, 0.2) is 30.3 Å². The Balaban J connectivity index is 2.29. The van der Waals surface area contributed by atoms with E-state index in [0.29, 0.717) is 5.69 Å². The van der Waals surface area contributed by atoms with E-state index in [-0.39, 0.29) is 19.2 Å². The first kappa shape index (κ1) is 15.1. The molecule has 1 heterocycles. The monoisotopic (exact) mass is 288 g/mol. The number of nitrogens with one attached hydrogen (secondary N) is 1. The molecule has 0 aliphatic carbocycles. The lowest BCUT2D eigenvalue weighted by Crippen LogP contribution is -2.33. The van der Waals surface area contributed by atoms with Gasteiger partial charge in [0.2, 0.25) is 0 Å². The maximum atomic E-state index is 12.1. The van der Waals surface area contributed by atoms with Gasteiger partial charge >= 0.3 is 6.03 Å². The molecule has 2 aromatic rings. The Labute approximate surface area is 124 Å². The second-order valence-corrected chi connectivity index (χ2v) is 4.93. The number of rotatable bonds is 4. The standard InChI is InChI=1S/C15H20N4O2/c1-11-10-12(2)19(17-11)14-7-5-4-6-13(14)16-15(21)18(3)8-9-20/h4-7,10,20H,8-9H2,1-3H3,(H,16,21). The number of benzene rings is 1. The Bertz CT molecular complexity index is 636. The molecule has 2 amide bonds. The minimum absolute atomic E-state index is 0.0664. The number of hydrogen-bond donors (Lipinski definition) is 2. The third-order valence-corrected chi connectivity index (χ3v) is 3.17. The zero-order valence-electron chi connectivity index (χ0n) is 12.5. The van der Waals surface area contributed by atoms with E-state index in [0.717, 1.165) is 17.1 Å². The third-order valence-electron chi connectivity index (χ3n) is 3.17. The number of urea groups is 1. The topological polar surface area (TPSA) is 70.4 Å². The summed E-state index contributed by atoms with van der Waals surface area (Å²) >= 11 is 0. The third kappa shape index (κ3) is 3.41. The fraction of sp³-hybridized carbons (Fsp3) is 0.333. The number of likely N-dealkylation sites (N-methyl/N-ethyl adjacent to an activating group) is 1. The van der Waals surface area contributed by atoms with Crippen LogP contribution in [0.5, 0.6) is 0 Å². The molecule has 2 rings (SSSR count). The minimum atomic E-state index is -0.266. The molecular formula is C15H20N4O2. The smallest absolute Gasteiger partial charge is 0.321 e. The number of hydrogen-bond acceptors (Lipinski definition) is 3. The predicted molar refractivity (Wildman–Crippen MR) is 81.8 cm³/mol. The van der Waals surface area contributed by atoms with Crippen LogP contribution in [0.4, 0.5) is 10.5 Å². The van der Waals surface area contributed by atoms with Crippen molar-refractivity contribution in [3.63, 3.8) is 0 Å². The lowest BCUT2D eigenvalue weighted by Gasteiger charge is -2.18. The maximum Gasteiger partial charge on any atom is 0.321 e. The molecule has 0 bridgehead atoms. The average molecular weight is 288 g/mol. The number of aryl methyl sites for hydroxylation is 2. The van der Waals surface area contributed by atoms with Crippen LogP contribution in [0.1, 0.15) is 11.4 Å². The van der Waals surface area contributed by atoms with Crippen molar-refractivity contribution in [3.8, 4) is 5.69 Å². The quantitative estimate of drug-likeness (QED) is 0.903. The van der Waals surface area contributed by atoms with Crippen molar-refractivity contribution >= 4 is 11.7 Å². The van der Waals surface area contributed by atoms with Crippen LogP contribution < -0.4 is 5.32 Å². The molecule has 1 aromatic heterocycles. The number of amides is 2. The van der Waals surface area contributed by atoms with Gasteiger partial charge < -0.3 is 15.3 Å². The van der Waals surface area contributed by atoms with Gasteiger partial charge in [-0.3, -0.25) is 0 Å². The van der Waals surface area contributed by atoms with Crippen molar-refractivity contribution < 1.29 is 9.90 Å². The van der Waals surface area contributed by atoms with Crippen LogP contribution in [-0.4, -0.2) is 46.0 Å². The van der Waals surface area contributed by atoms with Crippen molar-refractivity contribution in [2.24, 2.45) is 0 Å².